The lowest BCUT2D eigenvalue weighted by atomic mass is 10.2. The molecule has 0 amide bonds. The lowest BCUT2D eigenvalue weighted by molar-refractivity contribution is 0.114. The molecule has 2 heterocycles. The van der Waals surface area contributed by atoms with E-state index in [4.69, 9.17) is 4.74 Å². The zero-order valence-electron chi connectivity index (χ0n) is 11.3. The van der Waals surface area contributed by atoms with E-state index in [9.17, 15) is 13.2 Å². The molecule has 1 fully saturated rings. The van der Waals surface area contributed by atoms with Crippen molar-refractivity contribution in [1.82, 2.24) is 9.71 Å². The minimum Gasteiger partial charge on any atom is -0.377 e. The Balaban J connectivity index is 1.84. The van der Waals surface area contributed by atoms with Crippen molar-refractivity contribution in [1.29, 1.82) is 0 Å². The topological polar surface area (TPSA) is 88.3 Å². The van der Waals surface area contributed by atoms with Crippen molar-refractivity contribution in [3.63, 3.8) is 0 Å². The van der Waals surface area contributed by atoms with E-state index in [1.165, 1.54) is 12.1 Å². The Kier molecular flexibility index (Phi) is 3.79. The van der Waals surface area contributed by atoms with Crippen LogP contribution in [0.15, 0.2) is 40.0 Å². The summed E-state index contributed by atoms with van der Waals surface area (Å²) in [5.41, 5.74) is 0.398. The van der Waals surface area contributed by atoms with Crippen LogP contribution in [0.5, 0.6) is 0 Å². The van der Waals surface area contributed by atoms with Crippen LogP contribution in [0.1, 0.15) is 12.8 Å². The molecule has 2 aromatic rings. The molecule has 0 bridgehead atoms. The molecule has 1 aliphatic heterocycles. The number of benzene rings is 1. The van der Waals surface area contributed by atoms with E-state index in [-0.39, 0.29) is 23.1 Å². The molecule has 0 saturated carbocycles. The molecule has 0 spiro atoms. The molecule has 3 rings (SSSR count). The average Bonchev–Trinajstić information content (AvgIpc) is 2.98. The van der Waals surface area contributed by atoms with Crippen LogP contribution in [0.2, 0.25) is 0 Å². The highest BCUT2D eigenvalue weighted by Gasteiger charge is 2.20. The number of pyridine rings is 1. The summed E-state index contributed by atoms with van der Waals surface area (Å²) in [6.07, 6.45) is 1.80. The van der Waals surface area contributed by atoms with Gasteiger partial charge in [-0.2, -0.15) is 0 Å². The molecule has 0 aliphatic carbocycles. The smallest absolute Gasteiger partial charge is 0.248 e. The number of ether oxygens (including phenoxy) is 1. The first-order chi connectivity index (χ1) is 10.0. The molecule has 1 saturated heterocycles. The first-order valence-electron chi connectivity index (χ1n) is 6.79. The van der Waals surface area contributed by atoms with Crippen LogP contribution in [0.4, 0.5) is 0 Å². The van der Waals surface area contributed by atoms with Crippen molar-refractivity contribution in [2.45, 2.75) is 23.8 Å². The third-order valence-electron chi connectivity index (χ3n) is 3.53. The lowest BCUT2D eigenvalue weighted by Gasteiger charge is -2.11. The maximum Gasteiger partial charge on any atom is 0.248 e. The fraction of sp³-hybridized carbons (Fsp3) is 0.357. The summed E-state index contributed by atoms with van der Waals surface area (Å²) < 4.78 is 32.5. The molecule has 1 atom stereocenters. The zero-order valence-corrected chi connectivity index (χ0v) is 12.2. The van der Waals surface area contributed by atoms with Crippen LogP contribution in [-0.4, -0.2) is 32.7 Å². The van der Waals surface area contributed by atoms with Gasteiger partial charge in [0.15, 0.2) is 0 Å². The van der Waals surface area contributed by atoms with Crippen molar-refractivity contribution in [2.24, 2.45) is 0 Å². The van der Waals surface area contributed by atoms with Crippen LogP contribution in [0.3, 0.4) is 0 Å². The molecule has 1 aromatic carbocycles. The number of hydrogen-bond donors (Lipinski definition) is 2. The Morgan fingerprint density at radius 1 is 1.29 bits per heavy atom. The number of hydrogen-bond acceptors (Lipinski definition) is 4. The van der Waals surface area contributed by atoms with Gasteiger partial charge in [-0.1, -0.05) is 0 Å². The second-order valence-electron chi connectivity index (χ2n) is 5.06. The summed E-state index contributed by atoms with van der Waals surface area (Å²) in [4.78, 5) is 14.0. The summed E-state index contributed by atoms with van der Waals surface area (Å²) in [5, 5.41) is 0.676. The van der Waals surface area contributed by atoms with Crippen molar-refractivity contribution < 1.29 is 13.2 Å². The number of aromatic amines is 1. The van der Waals surface area contributed by atoms with E-state index in [1.54, 1.807) is 18.2 Å². The molecule has 21 heavy (non-hydrogen) atoms. The van der Waals surface area contributed by atoms with Gasteiger partial charge in [-0.25, -0.2) is 13.1 Å². The van der Waals surface area contributed by atoms with Crippen LogP contribution in [0, 0.1) is 0 Å². The maximum atomic E-state index is 12.3. The van der Waals surface area contributed by atoms with Gasteiger partial charge >= 0.3 is 0 Å². The van der Waals surface area contributed by atoms with Crippen molar-refractivity contribution in [3.8, 4) is 0 Å². The van der Waals surface area contributed by atoms with Gasteiger partial charge in [0.2, 0.25) is 15.6 Å². The summed E-state index contributed by atoms with van der Waals surface area (Å²) in [5.74, 6) is 0. The van der Waals surface area contributed by atoms with Gasteiger partial charge in [-0.05, 0) is 42.5 Å². The van der Waals surface area contributed by atoms with E-state index in [2.05, 4.69) is 9.71 Å². The second kappa shape index (κ2) is 5.59. The highest BCUT2D eigenvalue weighted by atomic mass is 32.2. The van der Waals surface area contributed by atoms with Gasteiger partial charge in [-0.3, -0.25) is 4.79 Å². The third-order valence-corrected chi connectivity index (χ3v) is 4.95. The van der Waals surface area contributed by atoms with Gasteiger partial charge in [0.1, 0.15) is 0 Å². The summed E-state index contributed by atoms with van der Waals surface area (Å²) in [6.45, 7) is 0.974. The Labute approximate surface area is 122 Å². The molecule has 1 aliphatic rings. The summed E-state index contributed by atoms with van der Waals surface area (Å²) in [6, 6.07) is 7.60. The highest BCUT2D eigenvalue weighted by Crippen LogP contribution is 2.17. The van der Waals surface area contributed by atoms with Crippen molar-refractivity contribution in [2.75, 3.05) is 13.2 Å². The van der Waals surface area contributed by atoms with Crippen molar-refractivity contribution in [3.05, 3.63) is 40.7 Å². The van der Waals surface area contributed by atoms with Crippen LogP contribution >= 0.6 is 0 Å². The predicted octanol–water partition coefficient (Wildman–Crippen LogP) is 0.985. The minimum atomic E-state index is -3.57. The lowest BCUT2D eigenvalue weighted by Crippen LogP contribution is -2.31. The SMILES string of the molecule is O=c1ccc2cc(S(=O)(=O)NC[C@@H]3CCCO3)ccc2[nH]1. The van der Waals surface area contributed by atoms with Gasteiger partial charge in [0, 0.05) is 24.7 Å². The molecule has 1 aromatic heterocycles. The Bertz CT molecular complexity index is 807. The molecule has 0 unspecified atom stereocenters. The Morgan fingerprint density at radius 2 is 2.14 bits per heavy atom. The number of sulfonamides is 1. The average molecular weight is 308 g/mol. The molecule has 7 heteroatoms. The number of H-pyrrole nitrogens is 1. The quantitative estimate of drug-likeness (QED) is 0.881. The van der Waals surface area contributed by atoms with E-state index in [0.717, 1.165) is 12.8 Å². The molecular weight excluding hydrogens is 292 g/mol. The normalized spacial score (nSPS) is 19.1. The van der Waals surface area contributed by atoms with E-state index < -0.39 is 10.0 Å². The number of nitrogens with one attached hydrogen (secondary N) is 2. The largest absolute Gasteiger partial charge is 0.377 e. The zero-order chi connectivity index (χ0) is 14.9. The van der Waals surface area contributed by atoms with Crippen molar-refractivity contribution >= 4 is 20.9 Å². The number of fused-ring (bicyclic) bond motifs is 1. The first kappa shape index (κ1) is 14.2. The Hall–Kier alpha value is -1.70. The summed E-state index contributed by atoms with van der Waals surface area (Å²) >= 11 is 0. The van der Waals surface area contributed by atoms with Gasteiger partial charge < -0.3 is 9.72 Å². The fourth-order valence-electron chi connectivity index (χ4n) is 2.39. The standard InChI is InChI=1S/C14H16N2O4S/c17-14-6-3-10-8-12(4-5-13(10)16-14)21(18,19)15-9-11-2-1-7-20-11/h3-6,8,11,15H,1-2,7,9H2,(H,16,17)/t11-/m0/s1. The molecule has 0 radical (unpaired) electrons. The first-order valence-corrected chi connectivity index (χ1v) is 8.27. The van der Waals surface area contributed by atoms with Gasteiger partial charge in [0.05, 0.1) is 11.0 Å². The predicted molar refractivity (Wildman–Crippen MR) is 78.7 cm³/mol. The third kappa shape index (κ3) is 3.15. The number of aromatic nitrogens is 1. The molecular formula is C14H16N2O4S. The van der Waals surface area contributed by atoms with Gasteiger partial charge in [0.25, 0.3) is 0 Å². The van der Waals surface area contributed by atoms with E-state index >= 15 is 0 Å². The highest BCUT2D eigenvalue weighted by molar-refractivity contribution is 7.89. The van der Waals surface area contributed by atoms with Gasteiger partial charge in [-0.15, -0.1) is 0 Å². The number of rotatable bonds is 4. The molecule has 112 valence electrons. The minimum absolute atomic E-state index is 0.0448. The fourth-order valence-corrected chi connectivity index (χ4v) is 3.49. The molecule has 6 nitrogen and oxygen atoms in total. The maximum absolute atomic E-state index is 12.3. The summed E-state index contributed by atoms with van der Waals surface area (Å²) in [7, 11) is -3.57. The molecule has 2 N–H and O–H groups in total. The second-order valence-corrected chi connectivity index (χ2v) is 6.83. The monoisotopic (exact) mass is 308 g/mol. The van der Waals surface area contributed by atoms with Crippen LogP contribution in [0.25, 0.3) is 10.9 Å². The van der Waals surface area contributed by atoms with Crippen LogP contribution in [-0.2, 0) is 14.8 Å². The Morgan fingerprint density at radius 3 is 2.90 bits per heavy atom. The van der Waals surface area contributed by atoms with E-state index in [1.807, 2.05) is 0 Å². The van der Waals surface area contributed by atoms with Crippen LogP contribution < -0.4 is 10.3 Å². The van der Waals surface area contributed by atoms with E-state index in [0.29, 0.717) is 17.5 Å².